The van der Waals surface area contributed by atoms with Crippen LogP contribution in [0.25, 0.3) is 93.2 Å². The third-order valence-electron chi connectivity index (χ3n) is 12.0. The minimum absolute atomic E-state index is 0.884. The smallest absolute Gasteiger partial charge is 0.143 e. The lowest BCUT2D eigenvalue weighted by Gasteiger charge is -2.29. The van der Waals surface area contributed by atoms with Gasteiger partial charge in [0.05, 0.1) is 16.7 Å². The third-order valence-corrected chi connectivity index (χ3v) is 12.0. The Balaban J connectivity index is 1.11. The third kappa shape index (κ3) is 5.29. The molecular weight excluding hydrogens is 717 g/mol. The molecule has 0 unspecified atom stereocenters. The van der Waals surface area contributed by atoms with Gasteiger partial charge in [-0.05, 0) is 81.9 Å². The second kappa shape index (κ2) is 13.4. The first-order chi connectivity index (χ1) is 29.3. The molecule has 0 radical (unpaired) electrons. The molecule has 0 amide bonds. The van der Waals surface area contributed by atoms with E-state index in [4.69, 9.17) is 4.42 Å². The van der Waals surface area contributed by atoms with Crippen molar-refractivity contribution in [1.29, 1.82) is 0 Å². The van der Waals surface area contributed by atoms with Gasteiger partial charge in [0, 0.05) is 55.1 Å². The Bertz CT molecular complexity index is 3530. The summed E-state index contributed by atoms with van der Waals surface area (Å²) in [6, 6.07) is 78.7. The van der Waals surface area contributed by atoms with Crippen LogP contribution in [-0.2, 0) is 0 Å². The van der Waals surface area contributed by atoms with E-state index in [9.17, 15) is 0 Å². The minimum atomic E-state index is 0.884. The average Bonchev–Trinajstić information content (AvgIpc) is 3.86. The van der Waals surface area contributed by atoms with Crippen LogP contribution in [0.2, 0.25) is 0 Å². The summed E-state index contributed by atoms with van der Waals surface area (Å²) >= 11 is 0. The molecule has 0 aliphatic carbocycles. The monoisotopic (exact) mass is 752 g/mol. The van der Waals surface area contributed by atoms with Gasteiger partial charge < -0.3 is 13.9 Å². The Morgan fingerprint density at radius 1 is 0.339 bits per heavy atom. The Kier molecular flexibility index (Phi) is 7.54. The van der Waals surface area contributed by atoms with Crippen LogP contribution in [0.3, 0.4) is 0 Å². The molecule has 0 N–H and O–H groups in total. The van der Waals surface area contributed by atoms with E-state index in [1.54, 1.807) is 0 Å². The molecule has 3 heteroatoms. The Labute approximate surface area is 341 Å². The molecule has 0 fully saturated rings. The zero-order valence-corrected chi connectivity index (χ0v) is 32.1. The van der Waals surface area contributed by atoms with Crippen molar-refractivity contribution in [3.05, 3.63) is 218 Å². The van der Waals surface area contributed by atoms with Gasteiger partial charge in [0.15, 0.2) is 0 Å². The topological polar surface area (TPSA) is 21.3 Å². The normalized spacial score (nSPS) is 11.7. The first-order valence-electron chi connectivity index (χ1n) is 20.2. The van der Waals surface area contributed by atoms with Crippen LogP contribution in [0.1, 0.15) is 0 Å². The molecule has 0 saturated heterocycles. The predicted molar refractivity (Wildman–Crippen MR) is 249 cm³/mol. The summed E-state index contributed by atoms with van der Waals surface area (Å²) in [5, 5.41) is 9.46. The first-order valence-corrected chi connectivity index (χ1v) is 20.2. The zero-order chi connectivity index (χ0) is 38.9. The highest BCUT2D eigenvalue weighted by Crippen LogP contribution is 2.46. The van der Waals surface area contributed by atoms with Gasteiger partial charge in [-0.25, -0.2) is 0 Å². The predicted octanol–water partition coefficient (Wildman–Crippen LogP) is 15.8. The largest absolute Gasteiger partial charge is 0.455 e. The van der Waals surface area contributed by atoms with Crippen LogP contribution >= 0.6 is 0 Å². The number of rotatable bonds is 6. The Morgan fingerprint density at radius 2 is 0.881 bits per heavy atom. The molecule has 0 bridgehead atoms. The van der Waals surface area contributed by atoms with Crippen LogP contribution in [-0.4, -0.2) is 4.57 Å². The molecule has 59 heavy (non-hydrogen) atoms. The molecule has 2 aromatic heterocycles. The summed E-state index contributed by atoms with van der Waals surface area (Å²) in [5.41, 5.74) is 12.9. The fourth-order valence-corrected chi connectivity index (χ4v) is 9.32. The summed E-state index contributed by atoms with van der Waals surface area (Å²) in [4.78, 5) is 2.41. The second-order valence-electron chi connectivity index (χ2n) is 15.3. The van der Waals surface area contributed by atoms with Gasteiger partial charge in [0.2, 0.25) is 0 Å². The fraction of sp³-hybridized carbons (Fsp3) is 0. The van der Waals surface area contributed by atoms with E-state index in [2.05, 4.69) is 228 Å². The number of para-hydroxylation sites is 4. The highest BCUT2D eigenvalue weighted by atomic mass is 16.3. The SMILES string of the molecule is c1cc(-c2cccc3ccccc23)cc(N(c2cccc(-n3c4ccccc4c4ccccc43)c2)c2ccccc2-c2cccc3c2oc2c4ccccc4ccc32)c1. The van der Waals surface area contributed by atoms with Crippen molar-refractivity contribution in [3.8, 4) is 27.9 Å². The van der Waals surface area contributed by atoms with Gasteiger partial charge in [-0.3, -0.25) is 0 Å². The van der Waals surface area contributed by atoms with E-state index >= 15 is 0 Å². The number of hydrogen-bond donors (Lipinski definition) is 0. The molecule has 0 aliphatic heterocycles. The number of furan rings is 1. The minimum Gasteiger partial charge on any atom is -0.455 e. The average molecular weight is 753 g/mol. The second-order valence-corrected chi connectivity index (χ2v) is 15.3. The van der Waals surface area contributed by atoms with E-state index in [1.807, 2.05) is 0 Å². The molecule has 0 atom stereocenters. The summed E-state index contributed by atoms with van der Waals surface area (Å²) in [6.07, 6.45) is 0. The van der Waals surface area contributed by atoms with Gasteiger partial charge in [-0.2, -0.15) is 0 Å². The standard InChI is InChI=1S/C56H36N2O/c1-3-22-43-37(15-1)17-12-27-44(43)39-18-11-19-40(35-39)57(41-20-13-21-42(36-41)58-53-31-9-5-24-46(53)47-25-6-10-32-54(47)58)52-30-8-7-26-48(52)49-28-14-29-50-51-34-33-38-16-2-4-23-45(38)55(51)59-56(49)50/h1-36H. The van der Waals surface area contributed by atoms with Crippen LogP contribution in [0.5, 0.6) is 0 Å². The lowest BCUT2D eigenvalue weighted by Crippen LogP contribution is -2.12. The van der Waals surface area contributed by atoms with E-state index in [1.165, 1.54) is 43.5 Å². The number of hydrogen-bond acceptors (Lipinski definition) is 2. The summed E-state index contributed by atoms with van der Waals surface area (Å²) in [5.74, 6) is 0. The van der Waals surface area contributed by atoms with Gasteiger partial charge in [-0.1, -0.05) is 164 Å². The molecule has 12 rings (SSSR count). The lowest BCUT2D eigenvalue weighted by atomic mass is 9.97. The maximum Gasteiger partial charge on any atom is 0.143 e. The Hall–Kier alpha value is -7.88. The molecule has 0 saturated carbocycles. The number of benzene rings is 10. The molecule has 2 heterocycles. The van der Waals surface area contributed by atoms with Crippen molar-refractivity contribution < 1.29 is 4.42 Å². The molecular formula is C56H36N2O. The maximum absolute atomic E-state index is 6.94. The van der Waals surface area contributed by atoms with Crippen molar-refractivity contribution >= 4 is 82.4 Å². The first kappa shape index (κ1) is 33.3. The molecule has 0 spiro atoms. The number of fused-ring (bicyclic) bond motifs is 9. The number of anilines is 3. The number of aromatic nitrogens is 1. The van der Waals surface area contributed by atoms with E-state index in [-0.39, 0.29) is 0 Å². The van der Waals surface area contributed by atoms with Crippen molar-refractivity contribution in [2.75, 3.05) is 4.90 Å². The van der Waals surface area contributed by atoms with Gasteiger partial charge in [0.1, 0.15) is 11.2 Å². The molecule has 10 aromatic carbocycles. The van der Waals surface area contributed by atoms with Gasteiger partial charge >= 0.3 is 0 Å². The van der Waals surface area contributed by atoms with E-state index in [0.29, 0.717) is 0 Å². The van der Waals surface area contributed by atoms with Crippen LogP contribution in [0.4, 0.5) is 17.1 Å². The zero-order valence-electron chi connectivity index (χ0n) is 32.1. The fourth-order valence-electron chi connectivity index (χ4n) is 9.32. The van der Waals surface area contributed by atoms with Crippen molar-refractivity contribution in [2.45, 2.75) is 0 Å². The summed E-state index contributed by atoms with van der Waals surface area (Å²) in [6.45, 7) is 0. The highest BCUT2D eigenvalue weighted by molar-refractivity contribution is 6.18. The summed E-state index contributed by atoms with van der Waals surface area (Å²) in [7, 11) is 0. The van der Waals surface area contributed by atoms with Crippen molar-refractivity contribution in [1.82, 2.24) is 4.57 Å². The molecule has 0 aliphatic rings. The quantitative estimate of drug-likeness (QED) is 0.169. The van der Waals surface area contributed by atoms with Crippen molar-refractivity contribution in [2.24, 2.45) is 0 Å². The van der Waals surface area contributed by atoms with E-state index < -0.39 is 0 Å². The van der Waals surface area contributed by atoms with Crippen LogP contribution in [0, 0.1) is 0 Å². The summed E-state index contributed by atoms with van der Waals surface area (Å²) < 4.78 is 9.34. The highest BCUT2D eigenvalue weighted by Gasteiger charge is 2.22. The van der Waals surface area contributed by atoms with Crippen LogP contribution < -0.4 is 4.90 Å². The maximum atomic E-state index is 6.94. The number of nitrogens with zero attached hydrogens (tertiary/aromatic N) is 2. The van der Waals surface area contributed by atoms with E-state index in [0.717, 1.165) is 66.8 Å². The van der Waals surface area contributed by atoms with Gasteiger partial charge in [-0.15, -0.1) is 0 Å². The molecule has 3 nitrogen and oxygen atoms in total. The van der Waals surface area contributed by atoms with Crippen molar-refractivity contribution in [3.63, 3.8) is 0 Å². The van der Waals surface area contributed by atoms with Crippen LogP contribution in [0.15, 0.2) is 223 Å². The molecule has 12 aromatic rings. The molecule has 276 valence electrons. The van der Waals surface area contributed by atoms with Gasteiger partial charge in [0.25, 0.3) is 0 Å². The lowest BCUT2D eigenvalue weighted by molar-refractivity contribution is 0.674. The Morgan fingerprint density at radius 3 is 1.69 bits per heavy atom.